The molecule has 0 atom stereocenters. The lowest BCUT2D eigenvalue weighted by Crippen LogP contribution is -1.97. The van der Waals surface area contributed by atoms with E-state index in [2.05, 4.69) is 15.3 Å². The summed E-state index contributed by atoms with van der Waals surface area (Å²) < 4.78 is 14.5. The Kier molecular flexibility index (Phi) is 4.34. The highest BCUT2D eigenvalue weighted by atomic mass is 35.5. The predicted octanol–water partition coefficient (Wildman–Crippen LogP) is 6.99. The maximum atomic E-state index is 14.5. The summed E-state index contributed by atoms with van der Waals surface area (Å²) in [6.45, 7) is 0. The van der Waals surface area contributed by atoms with Gasteiger partial charge in [0.05, 0.1) is 22.4 Å². The summed E-state index contributed by atoms with van der Waals surface area (Å²) >= 11 is 6.10. The number of hydrogen-bond donors (Lipinski definition) is 1. The van der Waals surface area contributed by atoms with Crippen LogP contribution < -0.4 is 5.32 Å². The SMILES string of the molecule is Fc1ccc(Cl)cc1-c1cc(Nc2ccnc3ccccc23)c2ccccc2n1. The molecule has 5 rings (SSSR count). The number of rotatable bonds is 3. The number of fused-ring (bicyclic) bond motifs is 2. The predicted molar refractivity (Wildman–Crippen MR) is 117 cm³/mol. The lowest BCUT2D eigenvalue weighted by Gasteiger charge is -2.14. The zero-order valence-electron chi connectivity index (χ0n) is 15.2. The second-order valence-electron chi connectivity index (χ2n) is 6.70. The number of hydrogen-bond acceptors (Lipinski definition) is 3. The van der Waals surface area contributed by atoms with Gasteiger partial charge in [-0.05, 0) is 42.5 Å². The third kappa shape index (κ3) is 3.28. The van der Waals surface area contributed by atoms with Crippen LogP contribution in [0, 0.1) is 5.82 Å². The topological polar surface area (TPSA) is 37.8 Å². The summed E-state index contributed by atoms with van der Waals surface area (Å²) in [5.74, 6) is -0.363. The lowest BCUT2D eigenvalue weighted by atomic mass is 10.1. The van der Waals surface area contributed by atoms with Crippen molar-refractivity contribution in [3.63, 3.8) is 0 Å². The van der Waals surface area contributed by atoms with Crippen molar-refractivity contribution in [1.29, 1.82) is 0 Å². The van der Waals surface area contributed by atoms with Crippen molar-refractivity contribution in [3.8, 4) is 11.3 Å². The molecule has 3 nitrogen and oxygen atoms in total. The van der Waals surface area contributed by atoms with Gasteiger partial charge in [-0.1, -0.05) is 48.0 Å². The Bertz CT molecular complexity index is 1360. The Balaban J connectivity index is 1.71. The second-order valence-corrected chi connectivity index (χ2v) is 7.13. The van der Waals surface area contributed by atoms with Gasteiger partial charge in [0.1, 0.15) is 5.82 Å². The molecule has 0 bridgehead atoms. The van der Waals surface area contributed by atoms with Gasteiger partial charge in [0.15, 0.2) is 0 Å². The summed E-state index contributed by atoms with van der Waals surface area (Å²) in [6.07, 6.45) is 1.77. The molecule has 0 fully saturated rings. The first-order valence-electron chi connectivity index (χ1n) is 9.15. The van der Waals surface area contributed by atoms with Crippen LogP contribution in [0.1, 0.15) is 0 Å². The Morgan fingerprint density at radius 1 is 0.759 bits per heavy atom. The average Bonchev–Trinajstić information content (AvgIpc) is 2.75. The highest BCUT2D eigenvalue weighted by Crippen LogP contribution is 2.34. The van der Waals surface area contributed by atoms with Crippen LogP contribution in [0.15, 0.2) is 85.1 Å². The molecule has 0 aliphatic rings. The highest BCUT2D eigenvalue weighted by Gasteiger charge is 2.13. The van der Waals surface area contributed by atoms with Gasteiger partial charge in [0, 0.05) is 33.2 Å². The minimum Gasteiger partial charge on any atom is -0.354 e. The molecule has 1 N–H and O–H groups in total. The highest BCUT2D eigenvalue weighted by molar-refractivity contribution is 6.30. The van der Waals surface area contributed by atoms with E-state index in [4.69, 9.17) is 11.6 Å². The molecule has 0 unspecified atom stereocenters. The number of benzene rings is 3. The molecule has 3 aromatic carbocycles. The normalized spacial score (nSPS) is 11.1. The lowest BCUT2D eigenvalue weighted by molar-refractivity contribution is 0.631. The standard InChI is InChI=1S/C24H15ClFN3/c25-15-9-10-19(26)18(13-15)24-14-23(17-6-2-4-8-21(17)28-24)29-22-11-12-27-20-7-3-1-5-16(20)22/h1-14H,(H,27,28,29). The minimum atomic E-state index is -0.363. The molecule has 5 aromatic rings. The van der Waals surface area contributed by atoms with Crippen LogP contribution in [0.4, 0.5) is 15.8 Å². The zero-order chi connectivity index (χ0) is 19.8. The van der Waals surface area contributed by atoms with Crippen LogP contribution in [-0.4, -0.2) is 9.97 Å². The van der Waals surface area contributed by atoms with Crippen LogP contribution in [0.2, 0.25) is 5.02 Å². The van der Waals surface area contributed by atoms with E-state index < -0.39 is 0 Å². The van der Waals surface area contributed by atoms with Crippen LogP contribution in [0.5, 0.6) is 0 Å². The first-order chi connectivity index (χ1) is 14.2. The second kappa shape index (κ2) is 7.15. The molecule has 0 amide bonds. The van der Waals surface area contributed by atoms with E-state index in [0.717, 1.165) is 33.2 Å². The maximum Gasteiger partial charge on any atom is 0.132 e. The quantitative estimate of drug-likeness (QED) is 0.355. The maximum absolute atomic E-state index is 14.5. The van der Waals surface area contributed by atoms with Gasteiger partial charge in [0.2, 0.25) is 0 Å². The molecule has 2 heterocycles. The van der Waals surface area contributed by atoms with Gasteiger partial charge < -0.3 is 5.32 Å². The summed E-state index contributed by atoms with van der Waals surface area (Å²) in [7, 11) is 0. The molecule has 140 valence electrons. The molecule has 29 heavy (non-hydrogen) atoms. The number of aromatic nitrogens is 2. The van der Waals surface area contributed by atoms with Crippen molar-refractivity contribution in [1.82, 2.24) is 9.97 Å². The van der Waals surface area contributed by atoms with Crippen molar-refractivity contribution < 1.29 is 4.39 Å². The first kappa shape index (κ1) is 17.6. The third-order valence-corrected chi connectivity index (χ3v) is 5.07. The largest absolute Gasteiger partial charge is 0.354 e. The average molecular weight is 400 g/mol. The van der Waals surface area contributed by atoms with Gasteiger partial charge in [0.25, 0.3) is 0 Å². The Morgan fingerprint density at radius 3 is 2.31 bits per heavy atom. The molecule has 0 aliphatic carbocycles. The number of para-hydroxylation sites is 2. The van der Waals surface area contributed by atoms with Gasteiger partial charge in [-0.3, -0.25) is 4.98 Å². The van der Waals surface area contributed by atoms with E-state index in [9.17, 15) is 4.39 Å². The molecule has 0 saturated heterocycles. The van der Waals surface area contributed by atoms with E-state index in [-0.39, 0.29) is 5.82 Å². The van der Waals surface area contributed by atoms with E-state index in [1.807, 2.05) is 60.7 Å². The molecule has 5 heteroatoms. The molecular weight excluding hydrogens is 385 g/mol. The Morgan fingerprint density at radius 2 is 1.48 bits per heavy atom. The van der Waals surface area contributed by atoms with Crippen LogP contribution >= 0.6 is 11.6 Å². The van der Waals surface area contributed by atoms with Crippen LogP contribution in [-0.2, 0) is 0 Å². The molecule has 0 radical (unpaired) electrons. The van der Waals surface area contributed by atoms with Crippen LogP contribution in [0.3, 0.4) is 0 Å². The van der Waals surface area contributed by atoms with Gasteiger partial charge in [-0.25, -0.2) is 9.37 Å². The van der Waals surface area contributed by atoms with E-state index >= 15 is 0 Å². The summed E-state index contributed by atoms with van der Waals surface area (Å²) in [5, 5.41) is 5.91. The fraction of sp³-hybridized carbons (Fsp3) is 0. The number of halogens is 2. The zero-order valence-corrected chi connectivity index (χ0v) is 16.0. The van der Waals surface area contributed by atoms with E-state index in [1.54, 1.807) is 12.3 Å². The molecule has 0 saturated carbocycles. The number of nitrogens with one attached hydrogen (secondary N) is 1. The number of anilines is 2. The van der Waals surface area contributed by atoms with Crippen molar-refractivity contribution in [3.05, 3.63) is 95.9 Å². The van der Waals surface area contributed by atoms with Crippen LogP contribution in [0.25, 0.3) is 33.1 Å². The smallest absolute Gasteiger partial charge is 0.132 e. The third-order valence-electron chi connectivity index (χ3n) is 4.84. The minimum absolute atomic E-state index is 0.363. The van der Waals surface area contributed by atoms with Gasteiger partial charge in [-0.15, -0.1) is 0 Å². The van der Waals surface area contributed by atoms with E-state index in [1.165, 1.54) is 12.1 Å². The van der Waals surface area contributed by atoms with Gasteiger partial charge in [-0.2, -0.15) is 0 Å². The van der Waals surface area contributed by atoms with E-state index in [0.29, 0.717) is 16.3 Å². The Hall–Kier alpha value is -3.50. The molecular formula is C24H15ClFN3. The van der Waals surface area contributed by atoms with Crippen molar-refractivity contribution in [2.75, 3.05) is 5.32 Å². The van der Waals surface area contributed by atoms with Crippen molar-refractivity contribution >= 4 is 44.8 Å². The van der Waals surface area contributed by atoms with Gasteiger partial charge >= 0.3 is 0 Å². The fourth-order valence-electron chi connectivity index (χ4n) is 3.46. The number of pyridine rings is 2. The summed E-state index contributed by atoms with van der Waals surface area (Å²) in [4.78, 5) is 9.08. The molecule has 0 aliphatic heterocycles. The summed E-state index contributed by atoms with van der Waals surface area (Å²) in [5.41, 5.74) is 4.31. The fourth-order valence-corrected chi connectivity index (χ4v) is 3.63. The van der Waals surface area contributed by atoms with Crippen molar-refractivity contribution in [2.24, 2.45) is 0 Å². The number of nitrogens with zero attached hydrogens (tertiary/aromatic N) is 2. The summed E-state index contributed by atoms with van der Waals surface area (Å²) in [6, 6.07) is 24.0. The Labute approximate surface area is 171 Å². The molecule has 0 spiro atoms. The first-order valence-corrected chi connectivity index (χ1v) is 9.53. The molecule has 2 aromatic heterocycles. The van der Waals surface area contributed by atoms with Crippen molar-refractivity contribution in [2.45, 2.75) is 0 Å². The monoisotopic (exact) mass is 399 g/mol.